The van der Waals surface area contributed by atoms with Crippen LogP contribution in [0.25, 0.3) is 0 Å². The second-order valence-electron chi connectivity index (χ2n) is 0. The Kier molecular flexibility index (Phi) is 394000. The van der Waals surface area contributed by atoms with Crippen LogP contribution >= 0.6 is 0 Å². The molecule has 0 spiro atoms. The standard InChI is InChI=1S/CO.5H2O.Ru/c1-2;;;;;;/h;5*1H2;/q;;;;;;+1/p+5. The Morgan fingerprint density at radius 2 is 0.625 bits per heavy atom. The number of rotatable bonds is 0. The number of hydrogen-bond donors (Lipinski definition) is 0. The first-order valence-electron chi connectivity index (χ1n) is 0.204. The Morgan fingerprint density at radius 1 is 0.625 bits per heavy atom. The molecule has 0 atom stereocenters. The molecule has 0 aliphatic carbocycles. The van der Waals surface area contributed by atoms with Crippen molar-refractivity contribution in [3.05, 3.63) is 6.65 Å². The van der Waals surface area contributed by atoms with Gasteiger partial charge in [-0.3, -0.25) is 0 Å². The van der Waals surface area contributed by atoms with Crippen LogP contribution in [-0.2, 0) is 51.5 Å². The van der Waals surface area contributed by atoms with Crippen molar-refractivity contribution >= 4 is 0 Å². The molecule has 0 amide bonds. The van der Waals surface area contributed by atoms with Crippen LogP contribution < -0.4 is 0 Å². The first-order chi connectivity index (χ1) is 1.00. The average molecular weight is 224 g/mol. The molecule has 0 aliphatic rings. The molecule has 0 aromatic carbocycles. The Labute approximate surface area is 58.9 Å². The average Bonchev–Trinajstić information content (AvgIpc) is 1.00. The summed E-state index contributed by atoms with van der Waals surface area (Å²) in [4.78, 5) is 0. The third-order valence-corrected chi connectivity index (χ3v) is 0. The SMILES string of the molecule is [C-]#[O+].[OH3+].[OH3+].[OH3+].[OH3+].[OH3+].[Ru+]. The topological polar surface area (TPSA) is 185 Å². The van der Waals surface area contributed by atoms with E-state index in [4.69, 9.17) is 4.65 Å². The van der Waals surface area contributed by atoms with Crippen LogP contribution in [0.3, 0.4) is 0 Å². The van der Waals surface area contributed by atoms with Gasteiger partial charge in [0.15, 0.2) is 0 Å². The summed E-state index contributed by atoms with van der Waals surface area (Å²) in [5, 5.41) is 0. The van der Waals surface area contributed by atoms with Gasteiger partial charge < -0.3 is 27.4 Å². The quantitative estimate of drug-likeness (QED) is 0.218. The molecule has 0 aliphatic heterocycles. The van der Waals surface area contributed by atoms with Gasteiger partial charge in [-0.2, -0.15) is 0 Å². The molecule has 0 saturated heterocycles. The van der Waals surface area contributed by atoms with E-state index in [2.05, 4.69) is 6.65 Å². The monoisotopic (exact) mass is 225 g/mol. The first kappa shape index (κ1) is 310. The van der Waals surface area contributed by atoms with Crippen LogP contribution in [0.5, 0.6) is 0 Å². The fourth-order valence-electron chi connectivity index (χ4n) is 0. The Morgan fingerprint density at radius 3 is 0.625 bits per heavy atom. The fraction of sp³-hybridized carbons (Fsp3) is 0. The van der Waals surface area contributed by atoms with Gasteiger partial charge in [-0.05, 0) is 0 Å². The normalized spacial score (nSPS) is 0.250. The summed E-state index contributed by atoms with van der Waals surface area (Å²) in [6.07, 6.45) is 0. The zero-order valence-electron chi connectivity index (χ0n) is 4.15. The fourth-order valence-corrected chi connectivity index (χ4v) is 0. The maximum Gasteiger partial charge on any atom is 1.00 e. The smallest absolute Gasteiger partial charge is 0.457 e. The summed E-state index contributed by atoms with van der Waals surface area (Å²) < 4.78 is 7.50. The van der Waals surface area contributed by atoms with E-state index in [0.717, 1.165) is 0 Å². The molecular weight excluding hydrogens is 209 g/mol. The molecule has 0 heterocycles. The van der Waals surface area contributed by atoms with E-state index in [1.807, 2.05) is 0 Å². The van der Waals surface area contributed by atoms with Gasteiger partial charge in [0.05, 0.1) is 0 Å². The van der Waals surface area contributed by atoms with Crippen molar-refractivity contribution in [3.63, 3.8) is 0 Å². The van der Waals surface area contributed by atoms with Crippen LogP contribution in [0, 0.1) is 6.65 Å². The molecule has 1 radical (unpaired) electrons. The zero-order chi connectivity index (χ0) is 2.00. The molecule has 7 heteroatoms. The van der Waals surface area contributed by atoms with Crippen LogP contribution in [-0.4, -0.2) is 0 Å². The van der Waals surface area contributed by atoms with Gasteiger partial charge in [0.2, 0.25) is 0 Å². The van der Waals surface area contributed by atoms with Crippen molar-refractivity contribution in [2.75, 3.05) is 0 Å². The minimum atomic E-state index is 0. The maximum atomic E-state index is 7.50. The molecule has 0 saturated carbocycles. The van der Waals surface area contributed by atoms with Gasteiger partial charge in [0.1, 0.15) is 0 Å². The summed E-state index contributed by atoms with van der Waals surface area (Å²) in [6, 6.07) is 0. The summed E-state index contributed by atoms with van der Waals surface area (Å²) in [7, 11) is 0. The minimum Gasteiger partial charge on any atom is -0.457 e. The Hall–Kier alpha value is 0.163. The van der Waals surface area contributed by atoms with Crippen LogP contribution in [0.4, 0.5) is 0 Å². The Bertz CT molecular complexity index is 13.2. The molecule has 6 nitrogen and oxygen atoms in total. The molecule has 57 valence electrons. The van der Waals surface area contributed by atoms with Crippen molar-refractivity contribution in [1.82, 2.24) is 0 Å². The second-order valence-corrected chi connectivity index (χ2v) is 0. The number of hydrogen-bond acceptors (Lipinski definition) is 0. The van der Waals surface area contributed by atoms with E-state index >= 15 is 0 Å². The van der Waals surface area contributed by atoms with E-state index in [1.165, 1.54) is 0 Å². The van der Waals surface area contributed by atoms with Crippen LogP contribution in [0.1, 0.15) is 0 Å². The van der Waals surface area contributed by atoms with Gasteiger partial charge >= 0.3 is 30.8 Å². The van der Waals surface area contributed by atoms with Gasteiger partial charge in [-0.25, -0.2) is 0 Å². The predicted octanol–water partition coefficient (Wildman–Crippen LogP) is -4.65. The molecule has 15 N–H and O–H groups in total. The van der Waals surface area contributed by atoms with E-state index in [1.54, 1.807) is 0 Å². The molecule has 0 bridgehead atoms. The molecule has 0 rings (SSSR count). The van der Waals surface area contributed by atoms with Gasteiger partial charge in [0, 0.05) is 0 Å². The Balaban J connectivity index is -0.000000000333. The van der Waals surface area contributed by atoms with E-state index in [9.17, 15) is 0 Å². The summed E-state index contributed by atoms with van der Waals surface area (Å²) in [5.74, 6) is 0. The van der Waals surface area contributed by atoms with Crippen molar-refractivity contribution in [2.24, 2.45) is 0 Å². The summed E-state index contributed by atoms with van der Waals surface area (Å²) in [6.45, 7) is 4.50. The molecular formula is CH15O6Ru+6. The van der Waals surface area contributed by atoms with Gasteiger partial charge in [-0.15, -0.1) is 0 Å². The molecule has 0 fully saturated rings. The third-order valence-electron chi connectivity index (χ3n) is 0. The molecule has 0 aromatic rings. The van der Waals surface area contributed by atoms with Crippen molar-refractivity contribution in [3.8, 4) is 0 Å². The van der Waals surface area contributed by atoms with E-state index in [-0.39, 0.29) is 46.9 Å². The molecule has 0 unspecified atom stereocenters. The van der Waals surface area contributed by atoms with Crippen LogP contribution in [0.15, 0.2) is 0 Å². The first-order valence-corrected chi connectivity index (χ1v) is 0.204. The summed E-state index contributed by atoms with van der Waals surface area (Å²) in [5.41, 5.74) is 0. The second kappa shape index (κ2) is 10200. The third kappa shape index (κ3) is 6160. The van der Waals surface area contributed by atoms with Crippen LogP contribution in [0.2, 0.25) is 0 Å². The summed E-state index contributed by atoms with van der Waals surface area (Å²) >= 11 is 0. The van der Waals surface area contributed by atoms with E-state index in [0.29, 0.717) is 0 Å². The maximum absolute atomic E-state index is 7.50. The van der Waals surface area contributed by atoms with Crippen molar-refractivity contribution in [1.29, 1.82) is 0 Å². The predicted molar refractivity (Wildman–Crippen MR) is 28.3 cm³/mol. The van der Waals surface area contributed by atoms with Gasteiger partial charge in [0.25, 0.3) is 0 Å². The van der Waals surface area contributed by atoms with E-state index < -0.39 is 0 Å². The minimum absolute atomic E-state index is 0. The molecule has 8 heavy (non-hydrogen) atoms. The van der Waals surface area contributed by atoms with Crippen molar-refractivity contribution < 1.29 is 51.5 Å². The zero-order valence-corrected chi connectivity index (χ0v) is 5.89. The molecule has 0 aromatic heterocycles. The van der Waals surface area contributed by atoms with Crippen molar-refractivity contribution in [2.45, 2.75) is 0 Å². The van der Waals surface area contributed by atoms with Gasteiger partial charge in [-0.1, -0.05) is 0 Å². The largest absolute Gasteiger partial charge is 1.00 e.